The molecule has 0 aliphatic rings. The number of rotatable bonds is 5. The number of non-ortho nitro benzene ring substituents is 1. The Labute approximate surface area is 106 Å². The molecule has 2 N–H and O–H groups in total. The fourth-order valence-electron chi connectivity index (χ4n) is 1.78. The molecule has 6 heteroatoms. The first-order chi connectivity index (χ1) is 8.27. The third-order valence-electron chi connectivity index (χ3n) is 2.99. The lowest BCUT2D eigenvalue weighted by Crippen LogP contribution is -2.50. The third kappa shape index (κ3) is 3.25. The fraction of sp³-hybridized carbons (Fsp3) is 0.500. The Morgan fingerprint density at radius 3 is 2.11 bits per heavy atom. The summed E-state index contributed by atoms with van der Waals surface area (Å²) in [6.45, 7) is -0.165. The van der Waals surface area contributed by atoms with Gasteiger partial charge in [0.25, 0.3) is 5.69 Å². The minimum Gasteiger partial charge on any atom is -0.390 e. The number of likely N-dealkylation sites (N-methyl/N-ethyl adjacent to an activating group) is 1. The van der Waals surface area contributed by atoms with Crippen molar-refractivity contribution in [1.29, 1.82) is 0 Å². The van der Waals surface area contributed by atoms with Crippen molar-refractivity contribution in [3.05, 3.63) is 39.9 Å². The van der Waals surface area contributed by atoms with E-state index in [4.69, 9.17) is 0 Å². The highest BCUT2D eigenvalue weighted by molar-refractivity contribution is 5.34. The molecule has 0 aromatic heterocycles. The Hall–Kier alpha value is -1.50. The maximum Gasteiger partial charge on any atom is 0.269 e. The predicted octanol–water partition coefficient (Wildman–Crippen LogP) is 0.695. The lowest BCUT2D eigenvalue weighted by molar-refractivity contribution is -0.901. The van der Waals surface area contributed by atoms with Crippen molar-refractivity contribution in [3.63, 3.8) is 0 Å². The van der Waals surface area contributed by atoms with Crippen LogP contribution in [0.4, 0.5) is 5.69 Å². The number of hydrogen-bond acceptors (Lipinski definition) is 4. The number of nitrogens with zero attached hydrogens (tertiary/aromatic N) is 2. The van der Waals surface area contributed by atoms with Gasteiger partial charge in [0.2, 0.25) is 0 Å². The highest BCUT2D eigenvalue weighted by Gasteiger charge is 2.32. The Balaban J connectivity index is 2.96. The standard InChI is InChI=1S/C12H19N2O4/c1-14(2,3)11(8-15)12(16)9-4-6-10(7-5-9)13(17)18/h4-7,11-12,15-16H,8H2,1-3H3/q+1. The Kier molecular flexibility index (Phi) is 4.39. The average molecular weight is 255 g/mol. The smallest absolute Gasteiger partial charge is 0.269 e. The van der Waals surface area contributed by atoms with Gasteiger partial charge in [-0.2, -0.15) is 0 Å². The number of benzene rings is 1. The van der Waals surface area contributed by atoms with Gasteiger partial charge in [-0.05, 0) is 17.7 Å². The van der Waals surface area contributed by atoms with Crippen LogP contribution < -0.4 is 0 Å². The van der Waals surface area contributed by atoms with Crippen LogP contribution in [0.3, 0.4) is 0 Å². The Morgan fingerprint density at radius 2 is 1.78 bits per heavy atom. The summed E-state index contributed by atoms with van der Waals surface area (Å²) < 4.78 is 0.397. The minimum atomic E-state index is -0.865. The quantitative estimate of drug-likeness (QED) is 0.461. The van der Waals surface area contributed by atoms with Crippen molar-refractivity contribution in [1.82, 2.24) is 0 Å². The molecule has 1 aromatic carbocycles. The summed E-state index contributed by atoms with van der Waals surface area (Å²) in [6.07, 6.45) is -0.865. The molecule has 0 bridgehead atoms. The molecule has 100 valence electrons. The van der Waals surface area contributed by atoms with Crippen molar-refractivity contribution < 1.29 is 19.6 Å². The zero-order valence-corrected chi connectivity index (χ0v) is 10.8. The van der Waals surface area contributed by atoms with Gasteiger partial charge in [-0.25, -0.2) is 0 Å². The molecule has 0 aliphatic heterocycles. The fourth-order valence-corrected chi connectivity index (χ4v) is 1.78. The molecule has 0 amide bonds. The number of nitro groups is 1. The number of aliphatic hydroxyl groups is 2. The first-order valence-corrected chi connectivity index (χ1v) is 5.61. The second-order valence-corrected chi connectivity index (χ2v) is 5.16. The maximum absolute atomic E-state index is 10.5. The largest absolute Gasteiger partial charge is 0.390 e. The number of quaternary nitrogens is 1. The summed E-state index contributed by atoms with van der Waals surface area (Å²) in [6, 6.07) is 5.35. The molecule has 0 aliphatic carbocycles. The highest BCUT2D eigenvalue weighted by Crippen LogP contribution is 2.24. The summed E-state index contributed by atoms with van der Waals surface area (Å²) in [4.78, 5) is 10.0. The van der Waals surface area contributed by atoms with Gasteiger partial charge in [-0.1, -0.05) is 0 Å². The van der Waals surface area contributed by atoms with Crippen molar-refractivity contribution >= 4 is 5.69 Å². The van der Waals surface area contributed by atoms with E-state index in [0.29, 0.717) is 10.0 Å². The molecule has 1 rings (SSSR count). The Bertz CT molecular complexity index is 411. The van der Waals surface area contributed by atoms with Crippen molar-refractivity contribution in [2.75, 3.05) is 27.7 Å². The molecule has 1 aromatic rings. The van der Waals surface area contributed by atoms with Crippen LogP contribution in [0.5, 0.6) is 0 Å². The van der Waals surface area contributed by atoms with Crippen molar-refractivity contribution in [2.24, 2.45) is 0 Å². The van der Waals surface area contributed by atoms with Crippen LogP contribution in [0.1, 0.15) is 11.7 Å². The van der Waals surface area contributed by atoms with E-state index in [0.717, 1.165) is 0 Å². The molecule has 0 radical (unpaired) electrons. The van der Waals surface area contributed by atoms with E-state index in [9.17, 15) is 20.3 Å². The van der Waals surface area contributed by atoms with Crippen LogP contribution in [-0.4, -0.2) is 53.4 Å². The molecule has 0 saturated heterocycles. The van der Waals surface area contributed by atoms with Gasteiger partial charge in [0, 0.05) is 12.1 Å². The van der Waals surface area contributed by atoms with Crippen LogP contribution >= 0.6 is 0 Å². The molecule has 0 saturated carbocycles. The number of hydrogen-bond donors (Lipinski definition) is 2. The molecular weight excluding hydrogens is 236 g/mol. The zero-order chi connectivity index (χ0) is 13.9. The molecule has 0 heterocycles. The topological polar surface area (TPSA) is 83.6 Å². The van der Waals surface area contributed by atoms with E-state index >= 15 is 0 Å². The third-order valence-corrected chi connectivity index (χ3v) is 2.99. The average Bonchev–Trinajstić information content (AvgIpc) is 2.28. The van der Waals surface area contributed by atoms with Crippen molar-refractivity contribution in [3.8, 4) is 0 Å². The molecule has 0 fully saturated rings. The summed E-state index contributed by atoms with van der Waals surface area (Å²) in [5.74, 6) is 0. The summed E-state index contributed by atoms with van der Waals surface area (Å²) >= 11 is 0. The van der Waals surface area contributed by atoms with E-state index in [2.05, 4.69) is 0 Å². The minimum absolute atomic E-state index is 0.0169. The Morgan fingerprint density at radius 1 is 1.28 bits per heavy atom. The van der Waals surface area contributed by atoms with Gasteiger partial charge in [-0.15, -0.1) is 0 Å². The SMILES string of the molecule is C[N+](C)(C)C(CO)C(O)c1ccc([N+](=O)[O-])cc1. The molecule has 6 nitrogen and oxygen atoms in total. The van der Waals surface area contributed by atoms with Gasteiger partial charge in [0.1, 0.15) is 12.1 Å². The van der Waals surface area contributed by atoms with E-state index in [-0.39, 0.29) is 18.3 Å². The summed E-state index contributed by atoms with van der Waals surface area (Å²) in [7, 11) is 5.61. The zero-order valence-electron chi connectivity index (χ0n) is 10.8. The van der Waals surface area contributed by atoms with E-state index < -0.39 is 11.0 Å². The van der Waals surface area contributed by atoms with Gasteiger partial charge in [0.05, 0.1) is 32.7 Å². The first-order valence-electron chi connectivity index (χ1n) is 5.61. The maximum atomic E-state index is 10.5. The predicted molar refractivity (Wildman–Crippen MR) is 67.0 cm³/mol. The van der Waals surface area contributed by atoms with Crippen LogP contribution in [0.15, 0.2) is 24.3 Å². The van der Waals surface area contributed by atoms with E-state index in [1.165, 1.54) is 24.3 Å². The van der Waals surface area contributed by atoms with Crippen LogP contribution in [0.2, 0.25) is 0 Å². The summed E-state index contributed by atoms with van der Waals surface area (Å²) in [5.41, 5.74) is 0.546. The molecule has 18 heavy (non-hydrogen) atoms. The van der Waals surface area contributed by atoms with Gasteiger partial charge < -0.3 is 14.7 Å². The van der Waals surface area contributed by atoms with Crippen LogP contribution in [-0.2, 0) is 0 Å². The number of aliphatic hydroxyl groups excluding tert-OH is 2. The van der Waals surface area contributed by atoms with Gasteiger partial charge >= 0.3 is 0 Å². The lowest BCUT2D eigenvalue weighted by atomic mass is 10.0. The van der Waals surface area contributed by atoms with E-state index in [1.54, 1.807) is 0 Å². The second kappa shape index (κ2) is 5.43. The monoisotopic (exact) mass is 255 g/mol. The van der Waals surface area contributed by atoms with E-state index in [1.807, 2.05) is 21.1 Å². The highest BCUT2D eigenvalue weighted by atomic mass is 16.6. The second-order valence-electron chi connectivity index (χ2n) is 5.16. The molecular formula is C12H19N2O4+. The molecule has 2 atom stereocenters. The lowest BCUT2D eigenvalue weighted by Gasteiger charge is -2.35. The number of nitro benzene ring substituents is 1. The van der Waals surface area contributed by atoms with Crippen molar-refractivity contribution in [2.45, 2.75) is 12.1 Å². The normalized spacial score (nSPS) is 15.2. The molecule has 2 unspecified atom stereocenters. The van der Waals surface area contributed by atoms with Gasteiger partial charge in [-0.3, -0.25) is 10.1 Å². The van der Waals surface area contributed by atoms with Crippen LogP contribution in [0.25, 0.3) is 0 Å². The van der Waals surface area contributed by atoms with Crippen LogP contribution in [0, 0.1) is 10.1 Å². The summed E-state index contributed by atoms with van der Waals surface area (Å²) in [5, 5.41) is 30.1. The van der Waals surface area contributed by atoms with Gasteiger partial charge in [0.15, 0.2) is 0 Å². The first kappa shape index (κ1) is 14.6. The molecule has 0 spiro atoms.